The summed E-state index contributed by atoms with van der Waals surface area (Å²) in [5, 5.41) is 5.70. The molecule has 34 heavy (non-hydrogen) atoms. The Kier molecular flexibility index (Phi) is 8.34. The quantitative estimate of drug-likeness (QED) is 0.469. The smallest absolute Gasteiger partial charge is 0.228 e. The Balaban J connectivity index is 1.54. The molecule has 0 heterocycles. The monoisotopic (exact) mass is 464 g/mol. The first kappa shape index (κ1) is 24.4. The summed E-state index contributed by atoms with van der Waals surface area (Å²) in [6, 6.07) is 17.6. The molecule has 0 saturated carbocycles. The van der Waals surface area contributed by atoms with Crippen LogP contribution in [0, 0.1) is 0 Å². The number of methoxy groups -OCH3 is 4. The molecular formula is C26H28N2O6. The van der Waals surface area contributed by atoms with E-state index >= 15 is 0 Å². The summed E-state index contributed by atoms with van der Waals surface area (Å²) in [4.78, 5) is 24.9. The average Bonchev–Trinajstić information content (AvgIpc) is 2.84. The highest BCUT2D eigenvalue weighted by atomic mass is 16.5. The van der Waals surface area contributed by atoms with Gasteiger partial charge in [-0.1, -0.05) is 12.1 Å². The summed E-state index contributed by atoms with van der Waals surface area (Å²) in [5.74, 6) is 2.02. The maximum atomic E-state index is 12.4. The second-order valence-electron chi connectivity index (χ2n) is 7.41. The van der Waals surface area contributed by atoms with Gasteiger partial charge in [0.1, 0.15) is 0 Å². The van der Waals surface area contributed by atoms with Gasteiger partial charge in [-0.3, -0.25) is 9.59 Å². The van der Waals surface area contributed by atoms with Crippen LogP contribution >= 0.6 is 0 Å². The number of hydrogen-bond acceptors (Lipinski definition) is 6. The van der Waals surface area contributed by atoms with Gasteiger partial charge < -0.3 is 29.6 Å². The van der Waals surface area contributed by atoms with E-state index in [0.717, 1.165) is 11.1 Å². The largest absolute Gasteiger partial charge is 0.493 e. The van der Waals surface area contributed by atoms with Crippen molar-refractivity contribution >= 4 is 23.2 Å². The van der Waals surface area contributed by atoms with Gasteiger partial charge in [-0.15, -0.1) is 0 Å². The molecule has 0 bridgehead atoms. The minimum atomic E-state index is -0.169. The molecule has 2 N–H and O–H groups in total. The predicted octanol–water partition coefficient (Wildman–Crippen LogP) is 4.08. The number of anilines is 2. The van der Waals surface area contributed by atoms with Gasteiger partial charge in [0, 0.05) is 11.4 Å². The maximum absolute atomic E-state index is 12.4. The Labute approximate surface area is 198 Å². The molecular weight excluding hydrogens is 436 g/mol. The predicted molar refractivity (Wildman–Crippen MR) is 130 cm³/mol. The van der Waals surface area contributed by atoms with Crippen LogP contribution in [0.1, 0.15) is 11.1 Å². The highest BCUT2D eigenvalue weighted by Crippen LogP contribution is 2.29. The lowest BCUT2D eigenvalue weighted by atomic mass is 10.1. The van der Waals surface area contributed by atoms with Crippen molar-refractivity contribution in [3.8, 4) is 23.0 Å². The molecule has 3 rings (SSSR count). The lowest BCUT2D eigenvalue weighted by molar-refractivity contribution is -0.116. The molecule has 2 amide bonds. The fourth-order valence-corrected chi connectivity index (χ4v) is 3.40. The number of amides is 2. The van der Waals surface area contributed by atoms with Crippen molar-refractivity contribution in [2.75, 3.05) is 39.1 Å². The molecule has 8 heteroatoms. The summed E-state index contributed by atoms with van der Waals surface area (Å²) < 4.78 is 21.0. The molecule has 3 aromatic carbocycles. The summed E-state index contributed by atoms with van der Waals surface area (Å²) in [6.07, 6.45) is 0.369. The third-order valence-corrected chi connectivity index (χ3v) is 5.08. The fourth-order valence-electron chi connectivity index (χ4n) is 3.40. The highest BCUT2D eigenvalue weighted by molar-refractivity contribution is 5.94. The molecule has 0 atom stereocenters. The minimum absolute atomic E-state index is 0.169. The Bertz CT molecular complexity index is 1050. The number of ether oxygens (including phenoxy) is 4. The van der Waals surface area contributed by atoms with Crippen LogP contribution in [0.2, 0.25) is 0 Å². The van der Waals surface area contributed by atoms with Crippen LogP contribution in [0.3, 0.4) is 0 Å². The van der Waals surface area contributed by atoms with Crippen molar-refractivity contribution in [2.45, 2.75) is 12.8 Å². The number of hydrogen-bond donors (Lipinski definition) is 2. The van der Waals surface area contributed by atoms with Crippen LogP contribution in [0.4, 0.5) is 11.4 Å². The zero-order chi connectivity index (χ0) is 24.5. The van der Waals surface area contributed by atoms with E-state index < -0.39 is 0 Å². The standard InChI is InChI=1S/C26H28N2O6/c1-31-21-11-5-17(13-23(21)33-3)15-25(29)27-19-7-9-20(10-8-19)28-26(30)16-18-6-12-22(32-2)24(14-18)34-4/h5-14H,15-16H2,1-4H3,(H,27,29)(H,28,30). The van der Waals surface area contributed by atoms with Crippen LogP contribution in [-0.2, 0) is 22.4 Å². The third kappa shape index (κ3) is 6.41. The van der Waals surface area contributed by atoms with Crippen molar-refractivity contribution in [3.63, 3.8) is 0 Å². The van der Waals surface area contributed by atoms with Gasteiger partial charge in [0.25, 0.3) is 0 Å². The second-order valence-corrected chi connectivity index (χ2v) is 7.41. The number of carbonyl (C=O) groups excluding carboxylic acids is 2. The van der Waals surface area contributed by atoms with Crippen LogP contribution in [0.5, 0.6) is 23.0 Å². The first-order valence-corrected chi connectivity index (χ1v) is 10.6. The SMILES string of the molecule is COc1ccc(CC(=O)Nc2ccc(NC(=O)Cc3ccc(OC)c(OC)c3)cc2)cc1OC. The Morgan fingerprint density at radius 3 is 1.24 bits per heavy atom. The van der Waals surface area contributed by atoms with E-state index in [0.29, 0.717) is 34.4 Å². The molecule has 0 aromatic heterocycles. The average molecular weight is 465 g/mol. The molecule has 0 aliphatic carbocycles. The second kappa shape index (κ2) is 11.6. The van der Waals surface area contributed by atoms with Gasteiger partial charge in [0.15, 0.2) is 23.0 Å². The molecule has 0 aliphatic heterocycles. The number of carbonyl (C=O) groups is 2. The lowest BCUT2D eigenvalue weighted by Gasteiger charge is -2.11. The van der Waals surface area contributed by atoms with Crippen molar-refractivity contribution in [3.05, 3.63) is 71.8 Å². The molecule has 0 fully saturated rings. The normalized spacial score (nSPS) is 10.2. The van der Waals surface area contributed by atoms with Crippen LogP contribution in [-0.4, -0.2) is 40.3 Å². The number of benzene rings is 3. The van der Waals surface area contributed by atoms with Gasteiger partial charge in [-0.25, -0.2) is 0 Å². The Morgan fingerprint density at radius 2 is 0.912 bits per heavy atom. The molecule has 178 valence electrons. The molecule has 0 spiro atoms. The van der Waals surface area contributed by atoms with Crippen LogP contribution in [0.15, 0.2) is 60.7 Å². The summed E-state index contributed by atoms with van der Waals surface area (Å²) in [6.45, 7) is 0. The topological polar surface area (TPSA) is 95.1 Å². The summed E-state index contributed by atoms with van der Waals surface area (Å²) >= 11 is 0. The third-order valence-electron chi connectivity index (χ3n) is 5.08. The molecule has 0 radical (unpaired) electrons. The first-order valence-electron chi connectivity index (χ1n) is 10.6. The first-order chi connectivity index (χ1) is 16.4. The molecule has 0 unspecified atom stereocenters. The van der Waals surface area contributed by atoms with E-state index in [1.54, 1.807) is 77.0 Å². The maximum Gasteiger partial charge on any atom is 0.228 e. The van der Waals surface area contributed by atoms with Crippen LogP contribution < -0.4 is 29.6 Å². The van der Waals surface area contributed by atoms with E-state index in [2.05, 4.69) is 10.6 Å². The molecule has 0 saturated heterocycles. The van der Waals surface area contributed by atoms with Crippen molar-refractivity contribution in [1.29, 1.82) is 0 Å². The van der Waals surface area contributed by atoms with Gasteiger partial charge in [0.2, 0.25) is 11.8 Å². The van der Waals surface area contributed by atoms with E-state index in [9.17, 15) is 9.59 Å². The molecule has 8 nitrogen and oxygen atoms in total. The van der Waals surface area contributed by atoms with Crippen LogP contribution in [0.25, 0.3) is 0 Å². The number of nitrogens with one attached hydrogen (secondary N) is 2. The van der Waals surface area contributed by atoms with E-state index in [-0.39, 0.29) is 24.7 Å². The Hall–Kier alpha value is -4.20. The van der Waals surface area contributed by atoms with Crippen molar-refractivity contribution < 1.29 is 28.5 Å². The zero-order valence-corrected chi connectivity index (χ0v) is 19.6. The zero-order valence-electron chi connectivity index (χ0n) is 19.6. The molecule has 3 aromatic rings. The fraction of sp³-hybridized carbons (Fsp3) is 0.231. The lowest BCUT2D eigenvalue weighted by Crippen LogP contribution is -2.15. The summed E-state index contributed by atoms with van der Waals surface area (Å²) in [5.41, 5.74) is 2.86. The van der Waals surface area contributed by atoms with E-state index in [4.69, 9.17) is 18.9 Å². The number of rotatable bonds is 10. The molecule has 0 aliphatic rings. The van der Waals surface area contributed by atoms with E-state index in [1.165, 1.54) is 0 Å². The Morgan fingerprint density at radius 1 is 0.559 bits per heavy atom. The van der Waals surface area contributed by atoms with Gasteiger partial charge in [0.05, 0.1) is 41.3 Å². The van der Waals surface area contributed by atoms with Gasteiger partial charge >= 0.3 is 0 Å². The minimum Gasteiger partial charge on any atom is -0.493 e. The van der Waals surface area contributed by atoms with Crippen molar-refractivity contribution in [1.82, 2.24) is 0 Å². The summed E-state index contributed by atoms with van der Waals surface area (Å²) in [7, 11) is 6.23. The highest BCUT2D eigenvalue weighted by Gasteiger charge is 2.11. The van der Waals surface area contributed by atoms with E-state index in [1.807, 2.05) is 12.1 Å². The van der Waals surface area contributed by atoms with Crippen molar-refractivity contribution in [2.24, 2.45) is 0 Å². The van der Waals surface area contributed by atoms with Gasteiger partial charge in [-0.05, 0) is 59.7 Å². The van der Waals surface area contributed by atoms with Gasteiger partial charge in [-0.2, -0.15) is 0 Å².